The minimum absolute atomic E-state index is 0.194. The van der Waals surface area contributed by atoms with E-state index >= 15 is 0 Å². The zero-order valence-corrected chi connectivity index (χ0v) is 8.66. The molecule has 0 atom stereocenters. The molecule has 1 rings (SSSR count). The Labute approximate surface area is 89.6 Å². The largest absolute Gasteiger partial charge is 0.384 e. The van der Waals surface area contributed by atoms with Gasteiger partial charge in [0.05, 0.1) is 0 Å². The van der Waals surface area contributed by atoms with Crippen LogP contribution in [0, 0.1) is 6.92 Å². The van der Waals surface area contributed by atoms with Crippen LogP contribution in [0.3, 0.4) is 0 Å². The van der Waals surface area contributed by atoms with Crippen LogP contribution in [0.25, 0.3) is 0 Å². The van der Waals surface area contributed by atoms with Crippen LogP contribution in [-0.4, -0.2) is 11.2 Å². The van der Waals surface area contributed by atoms with Gasteiger partial charge in [-0.25, -0.2) is 0 Å². The topological polar surface area (TPSA) is 17.1 Å². The minimum atomic E-state index is -3.88. The van der Waals surface area contributed by atoms with E-state index in [1.807, 2.05) is 0 Å². The number of ketones is 1. The first-order valence-corrected chi connectivity index (χ1v) is 4.45. The first-order valence-electron chi connectivity index (χ1n) is 3.70. The summed E-state index contributed by atoms with van der Waals surface area (Å²) in [5.74, 6) is -1.44. The van der Waals surface area contributed by atoms with E-state index in [0.717, 1.165) is 0 Å². The maximum atomic E-state index is 12.4. The Morgan fingerprint density at radius 1 is 1.43 bits per heavy atom. The van der Waals surface area contributed by atoms with Crippen molar-refractivity contribution >= 4 is 29.0 Å². The van der Waals surface area contributed by atoms with Gasteiger partial charge in [0.15, 0.2) is 0 Å². The Balaban J connectivity index is 3.10. The number of hydrogen-bond acceptors (Lipinski definition) is 1. The van der Waals surface area contributed by atoms with Gasteiger partial charge >= 0.3 is 5.38 Å². The summed E-state index contributed by atoms with van der Waals surface area (Å²) in [4.78, 5) is 11.0. The highest BCUT2D eigenvalue weighted by Crippen LogP contribution is 2.26. The van der Waals surface area contributed by atoms with Crippen LogP contribution in [0.5, 0.6) is 0 Å². The number of aryl methyl sites for hydroxylation is 1. The molecule has 0 amide bonds. The third-order valence-corrected chi connectivity index (χ3v) is 2.27. The third kappa shape index (κ3) is 2.42. The lowest BCUT2D eigenvalue weighted by atomic mass is 10.1. The molecular formula is C9H6Cl2F2O. The number of Topliss-reactive ketones (excluding diaryl/α,β-unsaturated/α-hetero) is 1. The number of hydrogen-bond donors (Lipinski definition) is 0. The van der Waals surface area contributed by atoms with Crippen LogP contribution in [0.1, 0.15) is 15.9 Å². The van der Waals surface area contributed by atoms with Crippen LogP contribution in [0.2, 0.25) is 5.02 Å². The van der Waals surface area contributed by atoms with E-state index in [1.54, 1.807) is 6.92 Å². The fraction of sp³-hybridized carbons (Fsp3) is 0.222. The normalized spacial score (nSPS) is 11.5. The Hall–Kier alpha value is -0.670. The SMILES string of the molecule is Cc1ccc(C(=O)C(F)(F)Cl)cc1Cl. The molecule has 1 aromatic carbocycles. The van der Waals surface area contributed by atoms with E-state index in [4.69, 9.17) is 11.6 Å². The van der Waals surface area contributed by atoms with Gasteiger partial charge in [0, 0.05) is 10.6 Å². The molecule has 76 valence electrons. The average molecular weight is 239 g/mol. The van der Waals surface area contributed by atoms with Gasteiger partial charge in [0.1, 0.15) is 0 Å². The van der Waals surface area contributed by atoms with Crippen molar-refractivity contribution in [3.63, 3.8) is 0 Å². The molecule has 0 aliphatic rings. The molecule has 0 aliphatic heterocycles. The molecule has 5 heteroatoms. The Bertz CT molecular complexity index is 372. The van der Waals surface area contributed by atoms with Crippen molar-refractivity contribution in [1.82, 2.24) is 0 Å². The lowest BCUT2D eigenvalue weighted by Gasteiger charge is -2.07. The second kappa shape index (κ2) is 3.83. The van der Waals surface area contributed by atoms with Crippen molar-refractivity contribution in [3.05, 3.63) is 34.3 Å². The van der Waals surface area contributed by atoms with Gasteiger partial charge in [-0.15, -0.1) is 0 Å². The molecule has 0 spiro atoms. The standard InChI is InChI=1S/C9H6Cl2F2O/c1-5-2-3-6(4-7(5)10)8(14)9(11,12)13/h2-4H,1H3. The van der Waals surface area contributed by atoms with Crippen molar-refractivity contribution in [2.45, 2.75) is 12.3 Å². The highest BCUT2D eigenvalue weighted by Gasteiger charge is 2.36. The summed E-state index contributed by atoms with van der Waals surface area (Å²) < 4.78 is 24.8. The number of carbonyl (C=O) groups is 1. The summed E-state index contributed by atoms with van der Waals surface area (Å²) in [6, 6.07) is 3.92. The minimum Gasteiger partial charge on any atom is -0.286 e. The average Bonchev–Trinajstić information content (AvgIpc) is 2.07. The predicted molar refractivity (Wildman–Crippen MR) is 51.3 cm³/mol. The van der Waals surface area contributed by atoms with Gasteiger partial charge in [-0.1, -0.05) is 23.7 Å². The maximum Gasteiger partial charge on any atom is 0.384 e. The van der Waals surface area contributed by atoms with Gasteiger partial charge < -0.3 is 0 Å². The molecule has 0 fully saturated rings. The Morgan fingerprint density at radius 3 is 2.43 bits per heavy atom. The summed E-state index contributed by atoms with van der Waals surface area (Å²) >= 11 is 10.3. The van der Waals surface area contributed by atoms with Crippen LogP contribution in [0.15, 0.2) is 18.2 Å². The molecular weight excluding hydrogens is 233 g/mol. The molecule has 0 bridgehead atoms. The second-order valence-corrected chi connectivity index (χ2v) is 3.67. The quantitative estimate of drug-likeness (QED) is 0.568. The van der Waals surface area contributed by atoms with Crippen molar-refractivity contribution in [3.8, 4) is 0 Å². The molecule has 0 heterocycles. The van der Waals surface area contributed by atoms with E-state index in [2.05, 4.69) is 11.6 Å². The summed E-state index contributed by atoms with van der Waals surface area (Å²) in [5.41, 5.74) is 0.515. The molecule has 0 N–H and O–H groups in total. The monoisotopic (exact) mass is 238 g/mol. The molecule has 1 nitrogen and oxygen atoms in total. The van der Waals surface area contributed by atoms with E-state index in [9.17, 15) is 13.6 Å². The molecule has 0 aromatic heterocycles. The first-order chi connectivity index (χ1) is 6.32. The zero-order valence-electron chi connectivity index (χ0n) is 7.15. The van der Waals surface area contributed by atoms with Crippen molar-refractivity contribution < 1.29 is 13.6 Å². The second-order valence-electron chi connectivity index (χ2n) is 2.79. The molecule has 0 aliphatic carbocycles. The van der Waals surface area contributed by atoms with Crippen molar-refractivity contribution in [2.75, 3.05) is 0 Å². The van der Waals surface area contributed by atoms with E-state index < -0.39 is 11.2 Å². The Kier molecular flexibility index (Phi) is 3.12. The number of benzene rings is 1. The van der Waals surface area contributed by atoms with E-state index in [1.165, 1.54) is 18.2 Å². The van der Waals surface area contributed by atoms with Crippen LogP contribution in [-0.2, 0) is 0 Å². The third-order valence-electron chi connectivity index (χ3n) is 1.69. The molecule has 0 saturated carbocycles. The summed E-state index contributed by atoms with van der Waals surface area (Å²) in [6.07, 6.45) is 0. The molecule has 1 aromatic rings. The highest BCUT2D eigenvalue weighted by atomic mass is 35.5. The van der Waals surface area contributed by atoms with Crippen molar-refractivity contribution in [2.24, 2.45) is 0 Å². The van der Waals surface area contributed by atoms with E-state index in [0.29, 0.717) is 5.56 Å². The highest BCUT2D eigenvalue weighted by molar-refractivity contribution is 6.36. The molecule has 0 unspecified atom stereocenters. The Morgan fingerprint density at radius 2 is 2.00 bits per heavy atom. The van der Waals surface area contributed by atoms with Gasteiger partial charge in [0.2, 0.25) is 5.78 Å². The summed E-state index contributed by atoms with van der Waals surface area (Å²) in [7, 11) is 0. The first kappa shape index (κ1) is 11.4. The lowest BCUT2D eigenvalue weighted by Crippen LogP contribution is -2.21. The zero-order chi connectivity index (χ0) is 10.9. The van der Waals surface area contributed by atoms with Gasteiger partial charge in [-0.2, -0.15) is 8.78 Å². The van der Waals surface area contributed by atoms with E-state index in [-0.39, 0.29) is 10.6 Å². The number of alkyl halides is 3. The van der Waals surface area contributed by atoms with Gasteiger partial charge in [-0.3, -0.25) is 4.79 Å². The number of rotatable bonds is 2. The summed E-state index contributed by atoms with van der Waals surface area (Å²) in [5, 5.41) is -3.62. The smallest absolute Gasteiger partial charge is 0.286 e. The van der Waals surface area contributed by atoms with Gasteiger partial charge in [0.25, 0.3) is 0 Å². The molecule has 0 saturated heterocycles. The number of carbonyl (C=O) groups excluding carboxylic acids is 1. The lowest BCUT2D eigenvalue weighted by molar-refractivity contribution is 0.0536. The fourth-order valence-corrected chi connectivity index (χ4v) is 1.19. The van der Waals surface area contributed by atoms with Crippen LogP contribution < -0.4 is 0 Å². The van der Waals surface area contributed by atoms with Crippen LogP contribution in [0.4, 0.5) is 8.78 Å². The predicted octanol–water partition coefficient (Wildman–Crippen LogP) is 3.66. The van der Waals surface area contributed by atoms with Crippen molar-refractivity contribution in [1.29, 1.82) is 0 Å². The molecule has 14 heavy (non-hydrogen) atoms. The number of halogens is 4. The fourth-order valence-electron chi connectivity index (χ4n) is 0.898. The van der Waals surface area contributed by atoms with Gasteiger partial charge in [-0.05, 0) is 30.2 Å². The maximum absolute atomic E-state index is 12.4. The summed E-state index contributed by atoms with van der Waals surface area (Å²) in [6.45, 7) is 1.70. The van der Waals surface area contributed by atoms with Crippen LogP contribution >= 0.6 is 23.2 Å². The molecule has 0 radical (unpaired) electrons.